The second-order valence-electron chi connectivity index (χ2n) is 9.46. The lowest BCUT2D eigenvalue weighted by molar-refractivity contribution is -0.122. The van der Waals surface area contributed by atoms with Crippen molar-refractivity contribution in [3.05, 3.63) is 79.5 Å². The van der Waals surface area contributed by atoms with Crippen LogP contribution in [0.3, 0.4) is 0 Å². The van der Waals surface area contributed by atoms with Crippen LogP contribution < -0.4 is 5.32 Å². The number of rotatable bonds is 5. The number of amides is 1. The summed E-state index contributed by atoms with van der Waals surface area (Å²) in [6.07, 6.45) is 11.9. The maximum absolute atomic E-state index is 12.4. The molecule has 0 atom stereocenters. The quantitative estimate of drug-likeness (QED) is 0.279. The van der Waals surface area contributed by atoms with Gasteiger partial charge < -0.3 is 10.3 Å². The number of pyridine rings is 3. The van der Waals surface area contributed by atoms with E-state index in [-0.39, 0.29) is 11.8 Å². The Labute approximate surface area is 212 Å². The van der Waals surface area contributed by atoms with E-state index in [1.54, 1.807) is 31.0 Å². The van der Waals surface area contributed by atoms with Crippen molar-refractivity contribution in [2.75, 3.05) is 5.32 Å². The van der Waals surface area contributed by atoms with E-state index in [9.17, 15) is 4.79 Å². The minimum absolute atomic E-state index is 0.0702. The van der Waals surface area contributed by atoms with Crippen LogP contribution in [0.2, 0.25) is 0 Å². The summed E-state index contributed by atoms with van der Waals surface area (Å²) in [6, 6.07) is 16.4. The average molecular weight is 486 g/mol. The molecule has 5 heterocycles. The SMILES string of the molecule is O=C(Nc1cncc(-c2cnc3n[nH]c(-c4cc5c(-c6ccncc6)cccc5[nH]4)c3c2)c1)C1CCC1. The fourth-order valence-electron chi connectivity index (χ4n) is 4.92. The Morgan fingerprint density at radius 1 is 0.892 bits per heavy atom. The standard InChI is InChI=1S/C29H23N7O/c37-29(18-3-1-4-18)33-21-11-19(14-31-16-21)20-12-24-27(35-36-28(24)32-15-20)26-13-23-22(5-2-6-25(23)34-26)17-7-9-30-10-8-17/h2,5-16,18,34H,1,3-4H2,(H,33,37)(H,32,35,36). The van der Waals surface area contributed by atoms with E-state index in [1.807, 2.05) is 24.3 Å². The third-order valence-corrected chi connectivity index (χ3v) is 7.15. The summed E-state index contributed by atoms with van der Waals surface area (Å²) in [5, 5.41) is 12.6. The Morgan fingerprint density at radius 2 is 1.76 bits per heavy atom. The number of nitrogens with zero attached hydrogens (tertiary/aromatic N) is 4. The van der Waals surface area contributed by atoms with Crippen LogP contribution in [0.4, 0.5) is 5.69 Å². The van der Waals surface area contributed by atoms with Crippen LogP contribution in [0, 0.1) is 5.92 Å². The zero-order valence-electron chi connectivity index (χ0n) is 19.9. The van der Waals surface area contributed by atoms with Gasteiger partial charge in [0.25, 0.3) is 0 Å². The van der Waals surface area contributed by atoms with Gasteiger partial charge in [-0.25, -0.2) is 4.98 Å². The second-order valence-corrected chi connectivity index (χ2v) is 9.46. The van der Waals surface area contributed by atoms with Crippen LogP contribution in [0.5, 0.6) is 0 Å². The molecule has 1 aliphatic carbocycles. The molecule has 1 saturated carbocycles. The first-order valence-corrected chi connectivity index (χ1v) is 12.4. The molecule has 37 heavy (non-hydrogen) atoms. The van der Waals surface area contributed by atoms with Gasteiger partial charge in [0.1, 0.15) is 0 Å². The van der Waals surface area contributed by atoms with Crippen molar-refractivity contribution in [1.82, 2.24) is 30.1 Å². The van der Waals surface area contributed by atoms with Crippen molar-refractivity contribution in [2.24, 2.45) is 5.92 Å². The Bertz CT molecular complexity index is 1770. The number of benzene rings is 1. The third-order valence-electron chi connectivity index (χ3n) is 7.15. The van der Waals surface area contributed by atoms with Gasteiger partial charge in [-0.3, -0.25) is 19.9 Å². The van der Waals surface area contributed by atoms with Crippen LogP contribution in [0.1, 0.15) is 19.3 Å². The van der Waals surface area contributed by atoms with E-state index in [0.29, 0.717) is 11.3 Å². The van der Waals surface area contributed by atoms with E-state index < -0.39 is 0 Å². The summed E-state index contributed by atoms with van der Waals surface area (Å²) < 4.78 is 0. The summed E-state index contributed by atoms with van der Waals surface area (Å²) in [6.45, 7) is 0. The highest BCUT2D eigenvalue weighted by atomic mass is 16.1. The number of fused-ring (bicyclic) bond motifs is 2. The van der Waals surface area contributed by atoms with Crippen molar-refractivity contribution in [3.8, 4) is 33.6 Å². The van der Waals surface area contributed by atoms with E-state index in [1.165, 1.54) is 0 Å². The first-order chi connectivity index (χ1) is 18.2. The number of aromatic nitrogens is 6. The second kappa shape index (κ2) is 8.67. The summed E-state index contributed by atoms with van der Waals surface area (Å²) >= 11 is 0. The van der Waals surface area contributed by atoms with Gasteiger partial charge in [0, 0.05) is 58.1 Å². The summed E-state index contributed by atoms with van der Waals surface area (Å²) in [5.74, 6) is 0.186. The fraction of sp³-hybridized carbons (Fsp3) is 0.138. The molecule has 3 N–H and O–H groups in total. The molecular weight excluding hydrogens is 462 g/mol. The summed E-state index contributed by atoms with van der Waals surface area (Å²) in [4.78, 5) is 29.0. The van der Waals surface area contributed by atoms with Gasteiger partial charge in [-0.15, -0.1) is 0 Å². The lowest BCUT2D eigenvalue weighted by atomic mass is 9.85. The monoisotopic (exact) mass is 485 g/mol. The zero-order chi connectivity index (χ0) is 24.8. The van der Waals surface area contributed by atoms with Gasteiger partial charge >= 0.3 is 0 Å². The molecule has 1 aromatic carbocycles. The predicted molar refractivity (Wildman–Crippen MR) is 144 cm³/mol. The first-order valence-electron chi connectivity index (χ1n) is 12.4. The van der Waals surface area contributed by atoms with E-state index in [2.05, 4.69) is 59.7 Å². The van der Waals surface area contributed by atoms with Gasteiger partial charge in [-0.05, 0) is 60.4 Å². The van der Waals surface area contributed by atoms with E-state index in [4.69, 9.17) is 0 Å². The minimum Gasteiger partial charge on any atom is -0.353 e. The number of H-pyrrole nitrogens is 2. The van der Waals surface area contributed by atoms with Crippen LogP contribution >= 0.6 is 0 Å². The third kappa shape index (κ3) is 3.83. The molecule has 0 spiro atoms. The van der Waals surface area contributed by atoms with Crippen LogP contribution in [-0.2, 0) is 4.79 Å². The Kier molecular flexibility index (Phi) is 5.02. The smallest absolute Gasteiger partial charge is 0.227 e. The Balaban J connectivity index is 1.26. The number of carbonyl (C=O) groups is 1. The molecule has 7 rings (SSSR count). The molecule has 8 heteroatoms. The summed E-state index contributed by atoms with van der Waals surface area (Å²) in [7, 11) is 0. The molecule has 0 unspecified atom stereocenters. The highest BCUT2D eigenvalue weighted by Gasteiger charge is 2.25. The van der Waals surface area contributed by atoms with Crippen molar-refractivity contribution in [3.63, 3.8) is 0 Å². The largest absolute Gasteiger partial charge is 0.353 e. The van der Waals surface area contributed by atoms with Crippen molar-refractivity contribution >= 4 is 33.5 Å². The predicted octanol–water partition coefficient (Wildman–Crippen LogP) is 5.97. The topological polar surface area (TPSA) is 112 Å². The molecule has 6 aromatic rings. The molecule has 0 aliphatic heterocycles. The first kappa shape index (κ1) is 21.4. The van der Waals surface area contributed by atoms with E-state index >= 15 is 0 Å². The van der Waals surface area contributed by atoms with E-state index in [0.717, 1.165) is 69.2 Å². The normalized spacial score (nSPS) is 13.6. The Morgan fingerprint density at radius 3 is 2.59 bits per heavy atom. The molecule has 1 fully saturated rings. The van der Waals surface area contributed by atoms with Gasteiger partial charge in [0.05, 0.1) is 23.3 Å². The van der Waals surface area contributed by atoms with Gasteiger partial charge in [-0.1, -0.05) is 18.6 Å². The molecule has 0 bridgehead atoms. The number of anilines is 1. The lowest BCUT2D eigenvalue weighted by Gasteiger charge is -2.24. The zero-order valence-corrected chi connectivity index (χ0v) is 19.9. The Hall–Kier alpha value is -4.85. The van der Waals surface area contributed by atoms with Crippen molar-refractivity contribution in [1.29, 1.82) is 0 Å². The highest BCUT2D eigenvalue weighted by molar-refractivity contribution is 6.01. The number of nitrogens with one attached hydrogen (secondary N) is 3. The molecule has 180 valence electrons. The number of carbonyl (C=O) groups excluding carboxylic acids is 1. The van der Waals surface area contributed by atoms with Gasteiger partial charge in [0.2, 0.25) is 5.91 Å². The molecule has 5 aromatic heterocycles. The fourth-order valence-corrected chi connectivity index (χ4v) is 4.92. The van der Waals surface area contributed by atoms with Crippen molar-refractivity contribution in [2.45, 2.75) is 19.3 Å². The molecular formula is C29H23N7O. The minimum atomic E-state index is 0.0702. The molecule has 1 aliphatic rings. The molecule has 0 radical (unpaired) electrons. The molecule has 8 nitrogen and oxygen atoms in total. The maximum Gasteiger partial charge on any atom is 0.227 e. The van der Waals surface area contributed by atoms with Gasteiger partial charge in [-0.2, -0.15) is 5.10 Å². The summed E-state index contributed by atoms with van der Waals surface area (Å²) in [5.41, 5.74) is 8.19. The molecule has 0 saturated heterocycles. The average Bonchev–Trinajstić information content (AvgIpc) is 3.52. The number of aromatic amines is 2. The highest BCUT2D eigenvalue weighted by Crippen LogP contribution is 2.35. The number of hydrogen-bond donors (Lipinski definition) is 3. The van der Waals surface area contributed by atoms with Crippen molar-refractivity contribution < 1.29 is 4.79 Å². The maximum atomic E-state index is 12.4. The molecule has 1 amide bonds. The van der Waals surface area contributed by atoms with Crippen LogP contribution in [-0.4, -0.2) is 36.0 Å². The number of hydrogen-bond acceptors (Lipinski definition) is 5. The van der Waals surface area contributed by atoms with Crippen LogP contribution in [0.15, 0.2) is 79.5 Å². The lowest BCUT2D eigenvalue weighted by Crippen LogP contribution is -2.28. The van der Waals surface area contributed by atoms with Crippen LogP contribution in [0.25, 0.3) is 55.6 Å². The van der Waals surface area contributed by atoms with Gasteiger partial charge in [0.15, 0.2) is 5.65 Å².